The first-order chi connectivity index (χ1) is 14.6. The molecule has 1 aromatic heterocycles. The van der Waals surface area contributed by atoms with E-state index in [-0.39, 0.29) is 11.9 Å². The molecule has 1 N–H and O–H groups in total. The summed E-state index contributed by atoms with van der Waals surface area (Å²) in [5.74, 6) is 0.335. The second-order valence-corrected chi connectivity index (χ2v) is 7.91. The molecule has 30 heavy (non-hydrogen) atoms. The number of amides is 1. The van der Waals surface area contributed by atoms with Gasteiger partial charge < -0.3 is 14.6 Å². The van der Waals surface area contributed by atoms with Crippen LogP contribution in [0.2, 0.25) is 5.02 Å². The fourth-order valence-corrected chi connectivity index (χ4v) is 3.72. The van der Waals surface area contributed by atoms with Crippen LogP contribution in [0.3, 0.4) is 0 Å². The van der Waals surface area contributed by atoms with Crippen molar-refractivity contribution in [3.63, 3.8) is 0 Å². The van der Waals surface area contributed by atoms with Gasteiger partial charge in [0.2, 0.25) is 5.89 Å². The number of hydrogen-bond acceptors (Lipinski definition) is 5. The Morgan fingerprint density at radius 2 is 1.80 bits per heavy atom. The predicted octanol–water partition coefficient (Wildman–Crippen LogP) is 4.14. The second-order valence-electron chi connectivity index (χ2n) is 7.47. The lowest BCUT2D eigenvalue weighted by atomic mass is 10.1. The van der Waals surface area contributed by atoms with Gasteiger partial charge in [-0.1, -0.05) is 41.9 Å². The molecule has 0 spiro atoms. The smallest absolute Gasteiger partial charge is 0.273 e. The van der Waals surface area contributed by atoms with Crippen molar-refractivity contribution in [2.75, 3.05) is 31.1 Å². The number of nitrogens with one attached hydrogen (secondary N) is 1. The standard InChI is InChI=1S/C23H25ClN4O2/c1-17(18-5-3-2-4-6-18)25-23(29)21-16-30-22(26-21)15-27-11-13-28(14-12-27)20-9-7-19(24)8-10-20/h2-10,16-17H,11-15H2,1H3,(H,25,29). The molecule has 4 rings (SSSR count). The zero-order valence-corrected chi connectivity index (χ0v) is 17.7. The largest absolute Gasteiger partial charge is 0.447 e. The topological polar surface area (TPSA) is 61.6 Å². The first-order valence-corrected chi connectivity index (χ1v) is 10.5. The van der Waals surface area contributed by atoms with Crippen molar-refractivity contribution in [3.05, 3.63) is 83.0 Å². The number of aromatic nitrogens is 1. The summed E-state index contributed by atoms with van der Waals surface area (Å²) in [4.78, 5) is 21.5. The minimum absolute atomic E-state index is 0.0974. The van der Waals surface area contributed by atoms with E-state index in [1.54, 1.807) is 0 Å². The molecular formula is C23H25ClN4O2. The van der Waals surface area contributed by atoms with Gasteiger partial charge in [-0.15, -0.1) is 0 Å². The lowest BCUT2D eigenvalue weighted by molar-refractivity contribution is 0.0934. The number of piperazine rings is 1. The Kier molecular flexibility index (Phi) is 6.35. The molecule has 7 heteroatoms. The third kappa shape index (κ3) is 5.01. The number of carbonyl (C=O) groups is 1. The Bertz CT molecular complexity index is 966. The van der Waals surface area contributed by atoms with E-state index < -0.39 is 0 Å². The summed E-state index contributed by atoms with van der Waals surface area (Å²) >= 11 is 5.97. The maximum absolute atomic E-state index is 12.5. The summed E-state index contributed by atoms with van der Waals surface area (Å²) in [7, 11) is 0. The molecule has 1 aliphatic heterocycles. The fraction of sp³-hybridized carbons (Fsp3) is 0.304. The molecule has 1 fully saturated rings. The van der Waals surface area contributed by atoms with E-state index in [1.807, 2.05) is 61.5 Å². The highest BCUT2D eigenvalue weighted by atomic mass is 35.5. The van der Waals surface area contributed by atoms with Crippen molar-refractivity contribution in [2.24, 2.45) is 0 Å². The van der Waals surface area contributed by atoms with E-state index in [0.29, 0.717) is 18.1 Å². The minimum atomic E-state index is -0.228. The van der Waals surface area contributed by atoms with Gasteiger partial charge in [-0.2, -0.15) is 0 Å². The van der Waals surface area contributed by atoms with E-state index in [1.165, 1.54) is 12.0 Å². The van der Waals surface area contributed by atoms with Gasteiger partial charge >= 0.3 is 0 Å². The second kappa shape index (κ2) is 9.32. The van der Waals surface area contributed by atoms with Crippen LogP contribution in [0.25, 0.3) is 0 Å². The zero-order chi connectivity index (χ0) is 20.9. The van der Waals surface area contributed by atoms with E-state index >= 15 is 0 Å². The summed E-state index contributed by atoms with van der Waals surface area (Å²) in [6.45, 7) is 6.19. The average Bonchev–Trinajstić information content (AvgIpc) is 3.24. The molecule has 0 aliphatic carbocycles. The number of halogens is 1. The first-order valence-electron chi connectivity index (χ1n) is 10.1. The normalized spacial score (nSPS) is 15.7. The molecule has 1 amide bonds. The minimum Gasteiger partial charge on any atom is -0.447 e. The van der Waals surface area contributed by atoms with Crippen molar-refractivity contribution in [2.45, 2.75) is 19.5 Å². The highest BCUT2D eigenvalue weighted by molar-refractivity contribution is 6.30. The van der Waals surface area contributed by atoms with Crippen LogP contribution >= 0.6 is 11.6 Å². The van der Waals surface area contributed by atoms with Crippen LogP contribution in [-0.2, 0) is 6.54 Å². The summed E-state index contributed by atoms with van der Waals surface area (Å²) in [5, 5.41) is 3.72. The van der Waals surface area contributed by atoms with E-state index in [0.717, 1.165) is 36.8 Å². The van der Waals surface area contributed by atoms with Crippen molar-refractivity contribution in [3.8, 4) is 0 Å². The lowest BCUT2D eigenvalue weighted by Gasteiger charge is -2.35. The van der Waals surface area contributed by atoms with Crippen LogP contribution in [-0.4, -0.2) is 42.0 Å². The number of rotatable bonds is 6. The maximum atomic E-state index is 12.5. The van der Waals surface area contributed by atoms with E-state index in [2.05, 4.69) is 20.1 Å². The van der Waals surface area contributed by atoms with Crippen molar-refractivity contribution >= 4 is 23.2 Å². The van der Waals surface area contributed by atoms with Gasteiger partial charge in [0.15, 0.2) is 5.69 Å². The SMILES string of the molecule is CC(NC(=O)c1coc(CN2CCN(c3ccc(Cl)cc3)CC2)n1)c1ccccc1. The zero-order valence-electron chi connectivity index (χ0n) is 16.9. The van der Waals surface area contributed by atoms with Gasteiger partial charge in [0.05, 0.1) is 12.6 Å². The molecule has 1 aliphatic rings. The molecular weight excluding hydrogens is 400 g/mol. The first kappa shape index (κ1) is 20.4. The molecule has 6 nitrogen and oxygen atoms in total. The van der Waals surface area contributed by atoms with Crippen LogP contribution in [0.5, 0.6) is 0 Å². The molecule has 0 bridgehead atoms. The number of nitrogens with zero attached hydrogens (tertiary/aromatic N) is 3. The third-order valence-electron chi connectivity index (χ3n) is 5.35. The van der Waals surface area contributed by atoms with Gasteiger partial charge in [0, 0.05) is 36.9 Å². The van der Waals surface area contributed by atoms with Crippen LogP contribution in [0.1, 0.15) is 34.9 Å². The van der Waals surface area contributed by atoms with Gasteiger partial charge in [0.1, 0.15) is 6.26 Å². The average molecular weight is 425 g/mol. The van der Waals surface area contributed by atoms with Crippen LogP contribution in [0.4, 0.5) is 5.69 Å². The molecule has 1 saturated heterocycles. The third-order valence-corrected chi connectivity index (χ3v) is 5.61. The lowest BCUT2D eigenvalue weighted by Crippen LogP contribution is -2.46. The Morgan fingerprint density at radius 1 is 1.10 bits per heavy atom. The van der Waals surface area contributed by atoms with Gasteiger partial charge in [-0.25, -0.2) is 4.98 Å². The maximum Gasteiger partial charge on any atom is 0.273 e. The fourth-order valence-electron chi connectivity index (χ4n) is 3.59. The molecule has 1 atom stereocenters. The van der Waals surface area contributed by atoms with Crippen molar-refractivity contribution < 1.29 is 9.21 Å². The number of benzene rings is 2. The van der Waals surface area contributed by atoms with Crippen LogP contribution < -0.4 is 10.2 Å². The van der Waals surface area contributed by atoms with E-state index in [4.69, 9.17) is 16.0 Å². The monoisotopic (exact) mass is 424 g/mol. The quantitative estimate of drug-likeness (QED) is 0.644. The van der Waals surface area contributed by atoms with Gasteiger partial charge in [-0.05, 0) is 36.8 Å². The van der Waals surface area contributed by atoms with E-state index in [9.17, 15) is 4.79 Å². The molecule has 2 heterocycles. The molecule has 3 aromatic rings. The Morgan fingerprint density at radius 3 is 2.50 bits per heavy atom. The summed E-state index contributed by atoms with van der Waals surface area (Å²) in [6.07, 6.45) is 1.44. The number of hydrogen-bond donors (Lipinski definition) is 1. The van der Waals surface area contributed by atoms with Crippen molar-refractivity contribution in [1.82, 2.24) is 15.2 Å². The Balaban J connectivity index is 1.28. The number of carbonyl (C=O) groups excluding carboxylic acids is 1. The highest BCUT2D eigenvalue weighted by Crippen LogP contribution is 2.20. The van der Waals surface area contributed by atoms with Gasteiger partial charge in [-0.3, -0.25) is 9.69 Å². The molecule has 1 unspecified atom stereocenters. The van der Waals surface area contributed by atoms with Crippen molar-refractivity contribution in [1.29, 1.82) is 0 Å². The summed E-state index contributed by atoms with van der Waals surface area (Å²) in [5.41, 5.74) is 2.54. The molecule has 2 aromatic carbocycles. The molecule has 0 radical (unpaired) electrons. The van der Waals surface area contributed by atoms with Crippen LogP contribution in [0, 0.1) is 0 Å². The Labute approximate surface area is 181 Å². The number of anilines is 1. The Hall–Kier alpha value is -2.83. The summed E-state index contributed by atoms with van der Waals surface area (Å²) in [6, 6.07) is 17.7. The van der Waals surface area contributed by atoms with Gasteiger partial charge in [0.25, 0.3) is 5.91 Å². The predicted molar refractivity (Wildman–Crippen MR) is 118 cm³/mol. The summed E-state index contributed by atoms with van der Waals surface area (Å²) < 4.78 is 5.56. The van der Waals surface area contributed by atoms with Crippen LogP contribution in [0.15, 0.2) is 65.3 Å². The number of oxazole rings is 1. The molecule has 156 valence electrons. The highest BCUT2D eigenvalue weighted by Gasteiger charge is 2.20. The molecule has 0 saturated carbocycles.